The summed E-state index contributed by atoms with van der Waals surface area (Å²) in [6.07, 6.45) is 0.494. The van der Waals surface area contributed by atoms with E-state index in [-0.39, 0.29) is 23.0 Å². The summed E-state index contributed by atoms with van der Waals surface area (Å²) in [6, 6.07) is 4.43. The van der Waals surface area contributed by atoms with Crippen LogP contribution >= 0.6 is 11.8 Å². The summed E-state index contributed by atoms with van der Waals surface area (Å²) in [4.78, 5) is 37.0. The number of nitrogens with one attached hydrogen (secondary N) is 2. The summed E-state index contributed by atoms with van der Waals surface area (Å²) in [5, 5.41) is 5.34. The molecule has 6 nitrogen and oxygen atoms in total. The maximum Gasteiger partial charge on any atom is 0.328 e. The zero-order valence-electron chi connectivity index (χ0n) is 14.2. The number of esters is 1. The highest BCUT2D eigenvalue weighted by Crippen LogP contribution is 2.35. The van der Waals surface area contributed by atoms with Crippen LogP contribution in [0.4, 0.5) is 5.69 Å². The molecule has 0 radical (unpaired) electrons. The molecule has 0 spiro atoms. The zero-order chi connectivity index (χ0) is 17.9. The molecule has 0 unspecified atom stereocenters. The second-order valence-electron chi connectivity index (χ2n) is 6.14. The maximum absolute atomic E-state index is 12.5. The van der Waals surface area contributed by atoms with Crippen LogP contribution in [-0.4, -0.2) is 36.2 Å². The Morgan fingerprint density at radius 2 is 2.08 bits per heavy atom. The Hall–Kier alpha value is -2.02. The van der Waals surface area contributed by atoms with Crippen LogP contribution in [0.1, 0.15) is 37.6 Å². The number of thioether (sulfide) groups is 1. The standard InChI is InChI=1S/C17H22N2O4S/c1-9(2)7-13(17(22)23-4)19-16(21)11-5-6-14-12(8-11)18-15(20)10(3)24-14/h5-6,8-10,13H,7H2,1-4H3,(H,18,20)(H,19,21)/t10-,13-/m0/s1. The van der Waals surface area contributed by atoms with E-state index in [2.05, 4.69) is 10.6 Å². The Morgan fingerprint density at radius 1 is 1.38 bits per heavy atom. The number of fused-ring (bicyclic) bond motifs is 1. The number of carbonyl (C=O) groups is 3. The van der Waals surface area contributed by atoms with E-state index >= 15 is 0 Å². The third kappa shape index (κ3) is 4.29. The molecule has 1 aromatic rings. The number of methoxy groups -OCH3 is 1. The van der Waals surface area contributed by atoms with E-state index in [4.69, 9.17) is 4.74 Å². The smallest absolute Gasteiger partial charge is 0.328 e. The van der Waals surface area contributed by atoms with Gasteiger partial charge in [-0.05, 0) is 37.5 Å². The molecule has 1 aliphatic heterocycles. The Balaban J connectivity index is 2.16. The fraction of sp³-hybridized carbons (Fsp3) is 0.471. The molecule has 1 heterocycles. The van der Waals surface area contributed by atoms with Crippen molar-refractivity contribution in [2.75, 3.05) is 12.4 Å². The van der Waals surface area contributed by atoms with Crippen LogP contribution in [0.15, 0.2) is 23.1 Å². The molecule has 24 heavy (non-hydrogen) atoms. The molecule has 0 aromatic heterocycles. The van der Waals surface area contributed by atoms with Gasteiger partial charge in [-0.2, -0.15) is 0 Å². The van der Waals surface area contributed by atoms with Crippen molar-refractivity contribution in [3.63, 3.8) is 0 Å². The van der Waals surface area contributed by atoms with Crippen molar-refractivity contribution >= 4 is 35.2 Å². The molecule has 7 heteroatoms. The van der Waals surface area contributed by atoms with Gasteiger partial charge in [-0.3, -0.25) is 9.59 Å². The van der Waals surface area contributed by atoms with Crippen molar-refractivity contribution in [2.45, 2.75) is 43.4 Å². The third-order valence-electron chi connectivity index (χ3n) is 3.67. The first kappa shape index (κ1) is 18.3. The SMILES string of the molecule is COC(=O)[C@H](CC(C)C)NC(=O)c1ccc2c(c1)NC(=O)[C@H](C)S2. The van der Waals surface area contributed by atoms with Crippen LogP contribution in [0, 0.1) is 5.92 Å². The largest absolute Gasteiger partial charge is 0.467 e. The number of hydrogen-bond donors (Lipinski definition) is 2. The second-order valence-corrected chi connectivity index (χ2v) is 7.52. The molecule has 0 fully saturated rings. The van der Waals surface area contributed by atoms with Gasteiger partial charge in [0.2, 0.25) is 5.91 Å². The number of benzene rings is 1. The predicted molar refractivity (Wildman–Crippen MR) is 93.1 cm³/mol. The Kier molecular flexibility index (Phi) is 5.88. The highest BCUT2D eigenvalue weighted by Gasteiger charge is 2.26. The van der Waals surface area contributed by atoms with E-state index in [0.29, 0.717) is 17.7 Å². The van der Waals surface area contributed by atoms with Gasteiger partial charge in [-0.25, -0.2) is 4.79 Å². The number of carbonyl (C=O) groups excluding carboxylic acids is 3. The van der Waals surface area contributed by atoms with Gasteiger partial charge in [0.05, 0.1) is 18.0 Å². The maximum atomic E-state index is 12.5. The molecule has 1 aliphatic rings. The van der Waals surface area contributed by atoms with Gasteiger partial charge in [0, 0.05) is 10.5 Å². The van der Waals surface area contributed by atoms with Crippen molar-refractivity contribution < 1.29 is 19.1 Å². The van der Waals surface area contributed by atoms with Gasteiger partial charge in [0.15, 0.2) is 0 Å². The van der Waals surface area contributed by atoms with Crippen LogP contribution in [0.25, 0.3) is 0 Å². The van der Waals surface area contributed by atoms with Crippen LogP contribution in [0.3, 0.4) is 0 Å². The zero-order valence-corrected chi connectivity index (χ0v) is 15.0. The van der Waals surface area contributed by atoms with Gasteiger partial charge in [0.25, 0.3) is 5.91 Å². The average molecular weight is 350 g/mol. The van der Waals surface area contributed by atoms with Crippen molar-refractivity contribution in [1.29, 1.82) is 0 Å². The molecule has 2 N–H and O–H groups in total. The van der Waals surface area contributed by atoms with Crippen LogP contribution in [-0.2, 0) is 14.3 Å². The van der Waals surface area contributed by atoms with Crippen LogP contribution in [0.5, 0.6) is 0 Å². The Morgan fingerprint density at radius 3 is 2.71 bits per heavy atom. The van der Waals surface area contributed by atoms with E-state index in [1.165, 1.54) is 18.9 Å². The predicted octanol–water partition coefficient (Wildman–Crippen LogP) is 2.44. The number of rotatable bonds is 5. The van der Waals surface area contributed by atoms with Gasteiger partial charge in [-0.15, -0.1) is 11.8 Å². The molecular weight excluding hydrogens is 328 g/mol. The lowest BCUT2D eigenvalue weighted by atomic mass is 10.0. The summed E-state index contributed by atoms with van der Waals surface area (Å²) in [5.41, 5.74) is 1.01. The second kappa shape index (κ2) is 7.70. The molecule has 0 bridgehead atoms. The molecule has 2 amide bonds. The van der Waals surface area contributed by atoms with Gasteiger partial charge >= 0.3 is 5.97 Å². The van der Waals surface area contributed by atoms with Crippen molar-refractivity contribution in [1.82, 2.24) is 5.32 Å². The molecule has 130 valence electrons. The minimum absolute atomic E-state index is 0.0858. The average Bonchev–Trinajstić information content (AvgIpc) is 2.53. The minimum atomic E-state index is -0.692. The topological polar surface area (TPSA) is 84.5 Å². The van der Waals surface area contributed by atoms with Crippen LogP contribution in [0.2, 0.25) is 0 Å². The van der Waals surface area contributed by atoms with Gasteiger partial charge in [0.1, 0.15) is 6.04 Å². The normalized spacial score (nSPS) is 17.7. The summed E-state index contributed by atoms with van der Waals surface area (Å²) in [5.74, 6) is -0.688. The fourth-order valence-corrected chi connectivity index (χ4v) is 3.35. The lowest BCUT2D eigenvalue weighted by Gasteiger charge is -2.22. The third-order valence-corrected chi connectivity index (χ3v) is 4.85. The van der Waals surface area contributed by atoms with E-state index < -0.39 is 12.0 Å². The number of anilines is 1. The molecule has 0 saturated heterocycles. The van der Waals surface area contributed by atoms with Crippen LogP contribution < -0.4 is 10.6 Å². The number of hydrogen-bond acceptors (Lipinski definition) is 5. The molecule has 1 aromatic carbocycles. The molecule has 0 saturated carbocycles. The Bertz CT molecular complexity index is 660. The monoisotopic (exact) mass is 350 g/mol. The summed E-state index contributed by atoms with van der Waals surface area (Å²) < 4.78 is 4.75. The first-order valence-corrected chi connectivity index (χ1v) is 8.70. The van der Waals surface area contributed by atoms with Crippen molar-refractivity contribution in [2.24, 2.45) is 5.92 Å². The lowest BCUT2D eigenvalue weighted by molar-refractivity contribution is -0.143. The van der Waals surface area contributed by atoms with E-state index in [0.717, 1.165) is 4.90 Å². The minimum Gasteiger partial charge on any atom is -0.467 e. The van der Waals surface area contributed by atoms with E-state index in [1.54, 1.807) is 18.2 Å². The molecule has 2 atom stereocenters. The highest BCUT2D eigenvalue weighted by atomic mass is 32.2. The molecular formula is C17H22N2O4S. The quantitative estimate of drug-likeness (QED) is 0.797. The molecule has 2 rings (SSSR count). The van der Waals surface area contributed by atoms with Gasteiger partial charge < -0.3 is 15.4 Å². The Labute approximate surface area is 145 Å². The van der Waals surface area contributed by atoms with E-state index in [1.807, 2.05) is 20.8 Å². The summed E-state index contributed by atoms with van der Waals surface area (Å²) in [6.45, 7) is 5.76. The van der Waals surface area contributed by atoms with Gasteiger partial charge in [-0.1, -0.05) is 13.8 Å². The fourth-order valence-electron chi connectivity index (χ4n) is 2.42. The van der Waals surface area contributed by atoms with Crippen molar-refractivity contribution in [3.8, 4) is 0 Å². The first-order chi connectivity index (χ1) is 11.3. The number of ether oxygens (including phenoxy) is 1. The first-order valence-electron chi connectivity index (χ1n) is 7.82. The lowest BCUT2D eigenvalue weighted by Crippen LogP contribution is -2.42. The number of amides is 2. The summed E-state index contributed by atoms with van der Waals surface area (Å²) in [7, 11) is 1.30. The van der Waals surface area contributed by atoms with Crippen molar-refractivity contribution in [3.05, 3.63) is 23.8 Å². The van der Waals surface area contributed by atoms with E-state index in [9.17, 15) is 14.4 Å². The molecule has 0 aliphatic carbocycles. The highest BCUT2D eigenvalue weighted by molar-refractivity contribution is 8.00. The summed E-state index contributed by atoms with van der Waals surface area (Å²) >= 11 is 1.45.